The Morgan fingerprint density at radius 3 is 0.854 bits per heavy atom. The Kier molecular flexibility index (Phi) is 37.0. The van der Waals surface area contributed by atoms with Gasteiger partial charge in [0, 0.05) is 13.7 Å². The summed E-state index contributed by atoms with van der Waals surface area (Å²) in [5.41, 5.74) is -0.229. The second-order valence-electron chi connectivity index (χ2n) is 15.2. The molecule has 0 aromatic rings. The van der Waals surface area contributed by atoms with Crippen molar-refractivity contribution in [2.45, 2.75) is 278 Å². The Morgan fingerprint density at radius 1 is 0.521 bits per heavy atom. The molecule has 0 spiro atoms. The highest BCUT2D eigenvalue weighted by molar-refractivity contribution is 4.65. The van der Waals surface area contributed by atoms with Crippen LogP contribution in [0.4, 0.5) is 0 Å². The van der Waals surface area contributed by atoms with Crippen molar-refractivity contribution in [3.8, 4) is 0 Å². The second kappa shape index (κ2) is 47.0. The molecule has 298 valence electrons. The van der Waals surface area contributed by atoms with Crippen molar-refractivity contribution in [2.75, 3.05) is 0 Å². The van der Waals surface area contributed by atoms with Gasteiger partial charge in [0.25, 0.3) is 0 Å². The van der Waals surface area contributed by atoms with Gasteiger partial charge in [-0.2, -0.15) is 0 Å². The zero-order valence-electron chi connectivity index (χ0n) is 47.1. The largest absolute Gasteiger partial charge is 0.0683 e. The second-order valence-corrected chi connectivity index (χ2v) is 15.2. The van der Waals surface area contributed by atoms with Crippen LogP contribution in [0.2, 0.25) is 0 Å². The average molecular weight is 693 g/mol. The van der Waals surface area contributed by atoms with Gasteiger partial charge in [-0.1, -0.05) is 278 Å². The molecule has 0 heteroatoms. The highest BCUT2D eigenvalue weighted by Crippen LogP contribution is 2.27. The van der Waals surface area contributed by atoms with E-state index in [-0.39, 0.29) is 23.1 Å². The first-order valence-corrected chi connectivity index (χ1v) is 21.1. The smallest absolute Gasteiger partial charge is 0.0300 e. The molecule has 0 saturated heterocycles. The molecule has 0 bridgehead atoms. The summed E-state index contributed by atoms with van der Waals surface area (Å²) in [5, 5.41) is 0. The van der Waals surface area contributed by atoms with E-state index in [1.807, 2.05) is 62.3 Å². The molecule has 4 aliphatic rings. The van der Waals surface area contributed by atoms with Crippen LogP contribution in [0.3, 0.4) is 0 Å². The third-order valence-electron chi connectivity index (χ3n) is 8.77. The molecule has 0 radical (unpaired) electrons. The SMILES string of the molecule is CC.CCC.CCCC.[2H]C([2H])(C)C(C)(C)C.[2H]C([2H])(C)C(C)C.[2H]C([2H])(C)C1CCCC1.[2H]C([2H])(C)C1CCCCC1.[2H]C1(C)CCCC1.[2H]C1(C)CCCCC1. The summed E-state index contributed by atoms with van der Waals surface area (Å²) in [6.07, 6.45) is 21.6. The Balaban J connectivity index is -0.000000187. The van der Waals surface area contributed by atoms with Gasteiger partial charge in [-0.3, -0.25) is 0 Å². The number of hydrogen-bond acceptors (Lipinski definition) is 0. The zero-order chi connectivity index (χ0) is 47.1. The number of hydrogen-bond donors (Lipinski definition) is 0. The van der Waals surface area contributed by atoms with Crippen molar-refractivity contribution in [3.63, 3.8) is 0 Å². The quantitative estimate of drug-likeness (QED) is 0.275. The van der Waals surface area contributed by atoms with Crippen LogP contribution in [0.5, 0.6) is 0 Å². The molecule has 4 rings (SSSR count). The summed E-state index contributed by atoms with van der Waals surface area (Å²) in [5.74, 6) is 0.685. The Hall–Kier alpha value is 0. The fraction of sp³-hybridized carbons (Fsp3) is 1.00. The summed E-state index contributed by atoms with van der Waals surface area (Å²) < 4.78 is 73.5. The minimum atomic E-state index is -1.06. The van der Waals surface area contributed by atoms with Gasteiger partial charge in [-0.25, -0.2) is 0 Å². The van der Waals surface area contributed by atoms with Crippen LogP contribution in [0.15, 0.2) is 0 Å². The normalized spacial score (nSPS) is 23.5. The summed E-state index contributed by atoms with van der Waals surface area (Å²) >= 11 is 0. The fourth-order valence-electron chi connectivity index (χ4n) is 4.74. The van der Waals surface area contributed by atoms with Crippen LogP contribution in [0.25, 0.3) is 0 Å². The third kappa shape index (κ3) is 58.2. The minimum Gasteiger partial charge on any atom is -0.0683 e. The Labute approximate surface area is 326 Å². The van der Waals surface area contributed by atoms with Crippen molar-refractivity contribution in [1.29, 1.82) is 0 Å². The predicted molar refractivity (Wildman–Crippen MR) is 232 cm³/mol. The van der Waals surface area contributed by atoms with Crippen LogP contribution in [-0.2, 0) is 0 Å². The Morgan fingerprint density at radius 2 is 0.729 bits per heavy atom. The molecule has 0 N–H and O–H groups in total. The predicted octanol–water partition coefficient (Wildman–Crippen LogP) is 19.1. The van der Waals surface area contributed by atoms with E-state index >= 15 is 0 Å². The van der Waals surface area contributed by atoms with E-state index in [0.717, 1.165) is 51.4 Å². The molecule has 48 heavy (non-hydrogen) atoms. The van der Waals surface area contributed by atoms with Gasteiger partial charge in [-0.05, 0) is 35.0 Å². The van der Waals surface area contributed by atoms with E-state index in [4.69, 9.17) is 13.7 Å². The zero-order valence-corrected chi connectivity index (χ0v) is 37.1. The lowest BCUT2D eigenvalue weighted by Gasteiger charge is -2.18. The van der Waals surface area contributed by atoms with Crippen molar-refractivity contribution < 1.29 is 13.7 Å². The van der Waals surface area contributed by atoms with Gasteiger partial charge in [-0.15, -0.1) is 0 Å². The minimum absolute atomic E-state index is 0.0556. The molecule has 4 fully saturated rings. The first kappa shape index (κ1) is 37.7. The molecule has 0 aromatic carbocycles. The summed E-state index contributed by atoms with van der Waals surface area (Å²) in [7, 11) is 0. The van der Waals surface area contributed by atoms with E-state index in [1.54, 1.807) is 27.7 Å². The lowest BCUT2D eigenvalue weighted by atomic mass is 9.88. The third-order valence-corrected chi connectivity index (χ3v) is 8.77. The van der Waals surface area contributed by atoms with Gasteiger partial charge >= 0.3 is 0 Å². The van der Waals surface area contributed by atoms with Crippen molar-refractivity contribution in [1.82, 2.24) is 0 Å². The van der Waals surface area contributed by atoms with Crippen LogP contribution in [0.1, 0.15) is 292 Å². The molecular formula is C48H106. The molecule has 0 aromatic heterocycles. The van der Waals surface area contributed by atoms with E-state index in [9.17, 15) is 0 Å². The van der Waals surface area contributed by atoms with E-state index in [1.165, 1.54) is 83.5 Å². The van der Waals surface area contributed by atoms with Gasteiger partial charge in [0.05, 0.1) is 0 Å². The topological polar surface area (TPSA) is 0 Å². The van der Waals surface area contributed by atoms with Gasteiger partial charge in [0.15, 0.2) is 0 Å². The van der Waals surface area contributed by atoms with Crippen molar-refractivity contribution in [3.05, 3.63) is 0 Å². The van der Waals surface area contributed by atoms with Crippen molar-refractivity contribution in [2.24, 2.45) is 35.0 Å². The standard InChI is InChI=1S/C8H16.2C7H14.C6H12.C6H14.C5H12.C4H10.C3H8.C2H6/c1-2-8-6-4-3-5-7-8;1-7-5-3-2-4-6-7;1-2-7-5-3-4-6-7;1-6-4-2-3-5-6;1-5-6(2,3)4;1-4-5(2)3;1-3-4-2;1-3-2;1-2/h8H,2-7H2,1H3;2*7H,2-6H2,1H3;6H,2-5H2,1H3;5H2,1-4H3;5H,4H2,1-3H3;3-4H2,1-2H3;3H2,1-2H3;1-2H3/i2D2;7D;2D2;6D;5D2;4D2;;;. The molecule has 0 aliphatic heterocycles. The van der Waals surface area contributed by atoms with Gasteiger partial charge < -0.3 is 0 Å². The van der Waals surface area contributed by atoms with Crippen molar-refractivity contribution >= 4 is 0 Å². The number of unbranched alkanes of at least 4 members (excludes halogenated alkanes) is 1. The van der Waals surface area contributed by atoms with Crippen LogP contribution >= 0.6 is 0 Å². The van der Waals surface area contributed by atoms with Crippen LogP contribution in [0, 0.1) is 35.0 Å². The average Bonchev–Trinajstić information content (AvgIpc) is 3.79. The number of rotatable bonds is 4. The van der Waals surface area contributed by atoms with E-state index < -0.39 is 25.5 Å². The molecule has 4 saturated carbocycles. The maximum Gasteiger partial charge on any atom is 0.0300 e. The van der Waals surface area contributed by atoms with Gasteiger partial charge in [0.2, 0.25) is 0 Å². The first-order chi connectivity index (χ1) is 26.1. The maximum atomic E-state index is 7.63. The highest BCUT2D eigenvalue weighted by Gasteiger charge is 2.11. The van der Waals surface area contributed by atoms with E-state index in [2.05, 4.69) is 27.7 Å². The van der Waals surface area contributed by atoms with Gasteiger partial charge in [0.1, 0.15) is 0 Å². The summed E-state index contributed by atoms with van der Waals surface area (Å²) in [4.78, 5) is 0. The highest BCUT2D eigenvalue weighted by atomic mass is 14.2. The van der Waals surface area contributed by atoms with E-state index in [0.29, 0.717) is 11.8 Å². The summed E-state index contributed by atoms with van der Waals surface area (Å²) in [6.45, 7) is 32.7. The Bertz CT molecular complexity index is 824. The summed E-state index contributed by atoms with van der Waals surface area (Å²) in [6, 6.07) is 0. The monoisotopic (exact) mass is 693 g/mol. The molecule has 0 unspecified atom stereocenters. The lowest BCUT2D eigenvalue weighted by Crippen LogP contribution is -2.03. The first-order valence-electron chi connectivity index (χ1n) is 26.1. The maximum absolute atomic E-state index is 7.63. The van der Waals surface area contributed by atoms with Crippen LogP contribution < -0.4 is 0 Å². The molecular weight excluding hydrogens is 577 g/mol. The molecule has 0 amide bonds. The molecule has 0 atom stereocenters. The lowest BCUT2D eigenvalue weighted by molar-refractivity contribution is 0.349. The van der Waals surface area contributed by atoms with Crippen LogP contribution in [-0.4, -0.2) is 0 Å². The molecule has 0 heterocycles. The fourth-order valence-corrected chi connectivity index (χ4v) is 4.74. The molecule has 4 aliphatic carbocycles. The molecule has 0 nitrogen and oxygen atoms in total.